The highest BCUT2D eigenvalue weighted by Gasteiger charge is 2.60. The van der Waals surface area contributed by atoms with Crippen molar-refractivity contribution in [3.63, 3.8) is 0 Å². The van der Waals surface area contributed by atoms with E-state index in [0.29, 0.717) is 26.1 Å². The van der Waals surface area contributed by atoms with Gasteiger partial charge in [-0.15, -0.1) is 0 Å². The van der Waals surface area contributed by atoms with Crippen molar-refractivity contribution in [3.8, 4) is 0 Å². The van der Waals surface area contributed by atoms with Gasteiger partial charge in [0, 0.05) is 64.8 Å². The van der Waals surface area contributed by atoms with Crippen molar-refractivity contribution in [1.29, 1.82) is 0 Å². The summed E-state index contributed by atoms with van der Waals surface area (Å²) in [6.45, 7) is 8.25. The third-order valence-corrected chi connectivity index (χ3v) is 7.50. The molecule has 0 N–H and O–H groups in total. The lowest BCUT2D eigenvalue weighted by Gasteiger charge is -2.36. The van der Waals surface area contributed by atoms with Gasteiger partial charge in [0.15, 0.2) is 0 Å². The van der Waals surface area contributed by atoms with E-state index in [1.54, 1.807) is 13.8 Å². The van der Waals surface area contributed by atoms with Crippen molar-refractivity contribution in [3.05, 3.63) is 65.2 Å². The maximum Gasteiger partial charge on any atom is 0.434 e. The van der Waals surface area contributed by atoms with Crippen molar-refractivity contribution in [2.24, 2.45) is 5.92 Å². The van der Waals surface area contributed by atoms with Gasteiger partial charge in [-0.3, -0.25) is 14.5 Å². The summed E-state index contributed by atoms with van der Waals surface area (Å²) in [5.74, 6) is -1.36. The van der Waals surface area contributed by atoms with Crippen molar-refractivity contribution in [2.75, 3.05) is 37.6 Å². The van der Waals surface area contributed by atoms with Gasteiger partial charge in [-0.1, -0.05) is 56.3 Å². The molecule has 1 aliphatic heterocycles. The zero-order valence-corrected chi connectivity index (χ0v) is 27.3. The van der Waals surface area contributed by atoms with E-state index in [1.165, 1.54) is 6.92 Å². The number of rotatable bonds is 13. The molecule has 3 rings (SSSR count). The first-order chi connectivity index (χ1) is 22.4. The van der Waals surface area contributed by atoms with Crippen LogP contribution in [0.5, 0.6) is 0 Å². The summed E-state index contributed by atoms with van der Waals surface area (Å²) in [7, 11) is 0. The fourth-order valence-electron chi connectivity index (χ4n) is 5.00. The number of nitrogens with zero attached hydrogens (tertiary/aromatic N) is 3. The molecule has 48 heavy (non-hydrogen) atoms. The van der Waals surface area contributed by atoms with Crippen LogP contribution in [0.1, 0.15) is 50.3 Å². The molecule has 2 aromatic carbocycles. The fourth-order valence-corrected chi connectivity index (χ4v) is 5.00. The molecule has 266 valence electrons. The van der Waals surface area contributed by atoms with Crippen LogP contribution in [0.2, 0.25) is 0 Å². The van der Waals surface area contributed by atoms with Crippen LogP contribution in [0, 0.1) is 12.8 Å². The quantitative estimate of drug-likeness (QED) is 0.132. The Morgan fingerprint density at radius 2 is 1.48 bits per heavy atom. The van der Waals surface area contributed by atoms with E-state index in [2.05, 4.69) is 9.64 Å². The highest BCUT2D eigenvalue weighted by Crippen LogP contribution is 2.36. The van der Waals surface area contributed by atoms with Crippen LogP contribution >= 0.6 is 0 Å². The third-order valence-electron chi connectivity index (χ3n) is 7.50. The predicted octanol–water partition coefficient (Wildman–Crippen LogP) is 6.62. The van der Waals surface area contributed by atoms with E-state index in [0.717, 1.165) is 27.3 Å². The fraction of sp³-hybridized carbons (Fsp3) is 0.545. The van der Waals surface area contributed by atoms with Gasteiger partial charge in [0.25, 0.3) is 6.10 Å². The molecule has 0 aliphatic carbocycles. The summed E-state index contributed by atoms with van der Waals surface area (Å²) < 4.78 is 91.5. The number of esters is 2. The predicted molar refractivity (Wildman–Crippen MR) is 164 cm³/mol. The number of hydrogen-bond acceptors (Lipinski definition) is 8. The smallest absolute Gasteiger partial charge is 0.426 e. The van der Waals surface area contributed by atoms with Gasteiger partial charge >= 0.3 is 30.4 Å². The van der Waals surface area contributed by atoms with Crippen LogP contribution in [0.15, 0.2) is 48.5 Å². The maximum atomic E-state index is 12.9. The average molecular weight is 690 g/mol. The van der Waals surface area contributed by atoms with Crippen molar-refractivity contribution in [1.82, 2.24) is 9.80 Å². The number of anilines is 1. The Hall–Kier alpha value is -4.01. The Bertz CT molecular complexity index is 1350. The SMILES string of the molecule is Cc1ccc(CN2CCN(C(=O)OC(C(F)(F)F)C(F)(F)F)CC2)c(N(CCCC(=O)OC(C)OC(=O)C(C)C)Cc2ccccc2)c1. The molecule has 0 radical (unpaired) electrons. The van der Waals surface area contributed by atoms with Gasteiger partial charge in [-0.2, -0.15) is 26.3 Å². The first kappa shape index (κ1) is 38.4. The lowest BCUT2D eigenvalue weighted by Crippen LogP contribution is -2.52. The Balaban J connectivity index is 1.68. The number of carbonyl (C=O) groups excluding carboxylic acids is 3. The molecule has 1 aliphatic rings. The molecular weight excluding hydrogens is 648 g/mol. The number of ether oxygens (including phenoxy) is 3. The van der Waals surface area contributed by atoms with Crippen molar-refractivity contribution >= 4 is 23.7 Å². The van der Waals surface area contributed by atoms with Gasteiger partial charge in [-0.05, 0) is 36.1 Å². The molecule has 1 heterocycles. The van der Waals surface area contributed by atoms with E-state index in [-0.39, 0.29) is 38.5 Å². The zero-order valence-electron chi connectivity index (χ0n) is 27.3. The monoisotopic (exact) mass is 689 g/mol. The molecule has 1 unspecified atom stereocenters. The molecule has 0 bridgehead atoms. The number of benzene rings is 2. The summed E-state index contributed by atoms with van der Waals surface area (Å²) in [4.78, 5) is 41.4. The molecule has 0 aromatic heterocycles. The molecule has 9 nitrogen and oxygen atoms in total. The van der Waals surface area contributed by atoms with Crippen molar-refractivity contribution in [2.45, 2.75) is 78.4 Å². The van der Waals surface area contributed by atoms with E-state index >= 15 is 0 Å². The number of alkyl halides is 6. The molecule has 2 aromatic rings. The highest BCUT2D eigenvalue weighted by atomic mass is 19.4. The Morgan fingerprint density at radius 1 is 0.854 bits per heavy atom. The second-order valence-corrected chi connectivity index (χ2v) is 11.9. The van der Waals surface area contributed by atoms with Crippen LogP contribution < -0.4 is 4.90 Å². The first-order valence-electron chi connectivity index (χ1n) is 15.5. The van der Waals surface area contributed by atoms with E-state index in [1.807, 2.05) is 60.4 Å². The summed E-state index contributed by atoms with van der Waals surface area (Å²) in [6, 6.07) is 15.6. The molecule has 0 spiro atoms. The van der Waals surface area contributed by atoms with E-state index < -0.39 is 42.8 Å². The Labute approximate surface area is 275 Å². The maximum absolute atomic E-state index is 12.9. The first-order valence-corrected chi connectivity index (χ1v) is 15.5. The average Bonchev–Trinajstić information content (AvgIpc) is 2.99. The molecule has 15 heteroatoms. The van der Waals surface area contributed by atoms with Crippen LogP contribution in [0.3, 0.4) is 0 Å². The Kier molecular flexibility index (Phi) is 13.5. The standard InChI is InChI=1S/C33H41F6N3O6/c1-22(2)29(44)47-24(4)46-28(43)11-8-14-42(20-25-9-6-5-7-10-25)27-19-23(3)12-13-26(27)21-40-15-17-41(18-16-40)31(45)48-30(32(34,35)36)33(37,38)39/h5-7,9-10,12-13,19,22,24,30H,8,11,14-18,20-21H2,1-4H3. The molecule has 1 fully saturated rings. The summed E-state index contributed by atoms with van der Waals surface area (Å²) in [5, 5.41) is 0. The molecular formula is C33H41F6N3O6. The number of halogens is 6. The molecule has 1 atom stereocenters. The van der Waals surface area contributed by atoms with E-state index in [9.17, 15) is 40.7 Å². The minimum absolute atomic E-state index is 0.0671. The van der Waals surface area contributed by atoms with Gasteiger partial charge in [0.05, 0.1) is 5.92 Å². The summed E-state index contributed by atoms with van der Waals surface area (Å²) in [6.07, 6.45) is -18.0. The van der Waals surface area contributed by atoms with Gasteiger partial charge in [0.1, 0.15) is 0 Å². The van der Waals surface area contributed by atoms with Gasteiger partial charge in [-0.25, -0.2) is 4.79 Å². The third kappa shape index (κ3) is 11.9. The minimum atomic E-state index is -5.79. The minimum Gasteiger partial charge on any atom is -0.426 e. The van der Waals surface area contributed by atoms with Gasteiger partial charge in [0.2, 0.25) is 6.29 Å². The topological polar surface area (TPSA) is 88.6 Å². The lowest BCUT2D eigenvalue weighted by atomic mass is 10.1. The second-order valence-electron chi connectivity index (χ2n) is 11.9. The number of amides is 1. The largest absolute Gasteiger partial charge is 0.434 e. The van der Waals surface area contributed by atoms with Crippen LogP contribution in [0.4, 0.5) is 36.8 Å². The normalized spacial score (nSPS) is 15.0. The highest BCUT2D eigenvalue weighted by molar-refractivity contribution is 5.72. The zero-order chi connectivity index (χ0) is 35.6. The van der Waals surface area contributed by atoms with Gasteiger partial charge < -0.3 is 24.0 Å². The van der Waals surface area contributed by atoms with Crippen LogP contribution in [-0.2, 0) is 36.9 Å². The number of carbonyl (C=O) groups is 3. The number of hydrogen-bond donors (Lipinski definition) is 0. The lowest BCUT2D eigenvalue weighted by molar-refractivity contribution is -0.308. The summed E-state index contributed by atoms with van der Waals surface area (Å²) in [5.41, 5.74) is 3.78. The molecule has 0 saturated carbocycles. The second kappa shape index (κ2) is 16.9. The van der Waals surface area contributed by atoms with E-state index in [4.69, 9.17) is 9.47 Å². The van der Waals surface area contributed by atoms with Crippen molar-refractivity contribution < 1.29 is 54.9 Å². The van der Waals surface area contributed by atoms with Crippen LogP contribution in [-0.4, -0.2) is 85.3 Å². The Morgan fingerprint density at radius 3 is 2.06 bits per heavy atom. The number of piperazine rings is 1. The van der Waals surface area contributed by atoms with Crippen LogP contribution in [0.25, 0.3) is 0 Å². The number of aryl methyl sites for hydroxylation is 1. The summed E-state index contributed by atoms with van der Waals surface area (Å²) >= 11 is 0. The molecule has 1 amide bonds. The molecule has 1 saturated heterocycles.